The molecule has 1 aromatic heterocycles. The van der Waals surface area contributed by atoms with Crippen molar-refractivity contribution >= 4 is 11.6 Å². The van der Waals surface area contributed by atoms with Gasteiger partial charge < -0.3 is 4.42 Å². The van der Waals surface area contributed by atoms with E-state index in [-0.39, 0.29) is 17.3 Å². The fraction of sp³-hybridized carbons (Fsp3) is 0.200. The lowest BCUT2D eigenvalue weighted by atomic mass is 10.2. The van der Waals surface area contributed by atoms with Crippen LogP contribution in [0.5, 0.6) is 0 Å². The number of rotatable bonds is 1. The van der Waals surface area contributed by atoms with Crippen LogP contribution in [0, 0.1) is 11.8 Å². The van der Waals surface area contributed by atoms with Gasteiger partial charge in [-0.3, -0.25) is 9.59 Å². The summed E-state index contributed by atoms with van der Waals surface area (Å²) >= 11 is 0. The van der Waals surface area contributed by atoms with Gasteiger partial charge in [-0.15, -0.1) is 0 Å². The van der Waals surface area contributed by atoms with Gasteiger partial charge in [-0.25, -0.2) is 0 Å². The molecule has 66 valence electrons. The van der Waals surface area contributed by atoms with E-state index >= 15 is 0 Å². The van der Waals surface area contributed by atoms with Crippen molar-refractivity contribution in [2.24, 2.45) is 0 Å². The van der Waals surface area contributed by atoms with Gasteiger partial charge in [0.25, 0.3) is 0 Å². The summed E-state index contributed by atoms with van der Waals surface area (Å²) in [6.45, 7) is 2.78. The molecule has 0 saturated carbocycles. The molecule has 0 aliphatic carbocycles. The highest BCUT2D eigenvalue weighted by Crippen LogP contribution is 2.06. The average Bonchev–Trinajstić information content (AvgIpc) is 2.48. The van der Waals surface area contributed by atoms with Crippen LogP contribution in [-0.2, 0) is 4.79 Å². The van der Waals surface area contributed by atoms with Crippen LogP contribution < -0.4 is 0 Å². The Kier molecular flexibility index (Phi) is 2.65. The quantitative estimate of drug-likeness (QED) is 0.480. The van der Waals surface area contributed by atoms with Crippen molar-refractivity contribution in [1.82, 2.24) is 0 Å². The molecule has 0 saturated heterocycles. The molecular formula is C10H8O3. The first kappa shape index (κ1) is 9.27. The predicted octanol–water partition coefficient (Wildman–Crippen LogP) is 1.42. The first-order valence-electron chi connectivity index (χ1n) is 3.71. The van der Waals surface area contributed by atoms with Crippen LogP contribution in [0.3, 0.4) is 0 Å². The molecule has 13 heavy (non-hydrogen) atoms. The van der Waals surface area contributed by atoms with E-state index in [0.717, 1.165) is 0 Å². The minimum absolute atomic E-state index is 0.157. The molecule has 0 N–H and O–H groups in total. The third-order valence-corrected chi connectivity index (χ3v) is 1.33. The standard InChI is InChI=1S/C10H8O3/c1-7(11)3-4-9-5-10(8(2)12)13-6-9/h5-6H,1-2H3. The predicted molar refractivity (Wildman–Crippen MR) is 46.3 cm³/mol. The van der Waals surface area contributed by atoms with Gasteiger partial charge in [0.05, 0.1) is 5.56 Å². The summed E-state index contributed by atoms with van der Waals surface area (Å²) in [5.41, 5.74) is 0.542. The van der Waals surface area contributed by atoms with Crippen molar-refractivity contribution in [3.05, 3.63) is 23.7 Å². The zero-order valence-electron chi connectivity index (χ0n) is 7.38. The largest absolute Gasteiger partial charge is 0.460 e. The first-order chi connectivity index (χ1) is 6.09. The monoisotopic (exact) mass is 176 g/mol. The second kappa shape index (κ2) is 3.72. The highest BCUT2D eigenvalue weighted by atomic mass is 16.3. The van der Waals surface area contributed by atoms with Gasteiger partial charge in [0.1, 0.15) is 6.26 Å². The summed E-state index contributed by atoms with van der Waals surface area (Å²) in [5.74, 6) is 4.81. The minimum Gasteiger partial charge on any atom is -0.460 e. The van der Waals surface area contributed by atoms with Crippen molar-refractivity contribution in [3.8, 4) is 11.8 Å². The summed E-state index contributed by atoms with van der Waals surface area (Å²) < 4.78 is 4.90. The molecule has 0 radical (unpaired) electrons. The molecule has 0 fully saturated rings. The number of ketones is 2. The van der Waals surface area contributed by atoms with E-state index in [0.29, 0.717) is 5.56 Å². The highest BCUT2D eigenvalue weighted by molar-refractivity contribution is 5.94. The molecule has 1 rings (SSSR count). The van der Waals surface area contributed by atoms with E-state index in [1.54, 1.807) is 0 Å². The molecular weight excluding hydrogens is 168 g/mol. The van der Waals surface area contributed by atoms with Gasteiger partial charge in [0.2, 0.25) is 5.78 Å². The zero-order chi connectivity index (χ0) is 9.84. The normalized spacial score (nSPS) is 8.77. The first-order valence-corrected chi connectivity index (χ1v) is 3.71. The zero-order valence-corrected chi connectivity index (χ0v) is 7.38. The van der Waals surface area contributed by atoms with Crippen LogP contribution in [0.15, 0.2) is 16.7 Å². The van der Waals surface area contributed by atoms with Crippen molar-refractivity contribution in [1.29, 1.82) is 0 Å². The number of carbonyl (C=O) groups is 2. The van der Waals surface area contributed by atoms with E-state index in [9.17, 15) is 9.59 Å². The molecule has 3 heteroatoms. The summed E-state index contributed by atoms with van der Waals surface area (Å²) in [6.07, 6.45) is 1.35. The highest BCUT2D eigenvalue weighted by Gasteiger charge is 2.03. The second-order valence-corrected chi connectivity index (χ2v) is 2.56. The molecule has 0 amide bonds. The fourth-order valence-electron chi connectivity index (χ4n) is 0.747. The van der Waals surface area contributed by atoms with Gasteiger partial charge in [-0.2, -0.15) is 0 Å². The van der Waals surface area contributed by atoms with Crippen molar-refractivity contribution < 1.29 is 14.0 Å². The van der Waals surface area contributed by atoms with E-state index in [4.69, 9.17) is 4.42 Å². The van der Waals surface area contributed by atoms with E-state index in [1.807, 2.05) is 0 Å². The van der Waals surface area contributed by atoms with Crippen LogP contribution in [0.4, 0.5) is 0 Å². The summed E-state index contributed by atoms with van der Waals surface area (Å²) in [7, 11) is 0. The van der Waals surface area contributed by atoms with Gasteiger partial charge >= 0.3 is 0 Å². The maximum Gasteiger partial charge on any atom is 0.202 e. The number of carbonyl (C=O) groups excluding carboxylic acids is 2. The fourth-order valence-corrected chi connectivity index (χ4v) is 0.747. The SMILES string of the molecule is CC(=O)C#Cc1coc(C(C)=O)c1. The van der Waals surface area contributed by atoms with E-state index in [1.165, 1.54) is 26.2 Å². The Morgan fingerprint density at radius 3 is 2.54 bits per heavy atom. The van der Waals surface area contributed by atoms with Crippen LogP contribution >= 0.6 is 0 Å². The molecule has 0 unspecified atom stereocenters. The van der Waals surface area contributed by atoms with Crippen LogP contribution in [0.25, 0.3) is 0 Å². The lowest BCUT2D eigenvalue weighted by Crippen LogP contribution is -1.86. The van der Waals surface area contributed by atoms with Crippen LogP contribution in [-0.4, -0.2) is 11.6 Å². The summed E-state index contributed by atoms with van der Waals surface area (Å²) in [5, 5.41) is 0. The van der Waals surface area contributed by atoms with Gasteiger partial charge in [0, 0.05) is 19.9 Å². The molecule has 0 atom stereocenters. The van der Waals surface area contributed by atoms with Crippen LogP contribution in [0.1, 0.15) is 30.0 Å². The topological polar surface area (TPSA) is 47.3 Å². The Labute approximate surface area is 75.7 Å². The van der Waals surface area contributed by atoms with Gasteiger partial charge in [-0.05, 0) is 5.92 Å². The van der Waals surface area contributed by atoms with Crippen molar-refractivity contribution in [2.75, 3.05) is 0 Å². The lowest BCUT2D eigenvalue weighted by Gasteiger charge is -1.80. The number of hydrogen-bond donors (Lipinski definition) is 0. The van der Waals surface area contributed by atoms with Gasteiger partial charge in [-0.1, -0.05) is 5.92 Å². The Hall–Kier alpha value is -1.82. The van der Waals surface area contributed by atoms with E-state index < -0.39 is 0 Å². The molecule has 0 aliphatic heterocycles. The molecule has 3 nitrogen and oxygen atoms in total. The Bertz CT molecular complexity index is 401. The Morgan fingerprint density at radius 1 is 1.38 bits per heavy atom. The second-order valence-electron chi connectivity index (χ2n) is 2.56. The molecule has 1 aromatic rings. The Morgan fingerprint density at radius 2 is 2.08 bits per heavy atom. The maximum absolute atomic E-state index is 10.8. The average molecular weight is 176 g/mol. The molecule has 0 aromatic carbocycles. The van der Waals surface area contributed by atoms with Crippen molar-refractivity contribution in [2.45, 2.75) is 13.8 Å². The number of hydrogen-bond acceptors (Lipinski definition) is 3. The van der Waals surface area contributed by atoms with Gasteiger partial charge in [0.15, 0.2) is 11.5 Å². The summed E-state index contributed by atoms with van der Waals surface area (Å²) in [4.78, 5) is 21.3. The van der Waals surface area contributed by atoms with E-state index in [2.05, 4.69) is 11.8 Å². The molecule has 0 bridgehead atoms. The Balaban J connectivity index is 2.89. The third kappa shape index (κ3) is 2.60. The van der Waals surface area contributed by atoms with Crippen molar-refractivity contribution in [3.63, 3.8) is 0 Å². The number of Topliss-reactive ketones (excluding diaryl/α,β-unsaturated/α-hetero) is 2. The molecule has 1 heterocycles. The maximum atomic E-state index is 10.8. The lowest BCUT2D eigenvalue weighted by molar-refractivity contribution is -0.111. The smallest absolute Gasteiger partial charge is 0.202 e. The third-order valence-electron chi connectivity index (χ3n) is 1.33. The molecule has 0 aliphatic rings. The summed E-state index contributed by atoms with van der Waals surface area (Å²) in [6, 6.07) is 1.51. The number of furan rings is 1. The van der Waals surface area contributed by atoms with Crippen LogP contribution in [0.2, 0.25) is 0 Å². The molecule has 0 spiro atoms. The minimum atomic E-state index is -0.217.